The van der Waals surface area contributed by atoms with Gasteiger partial charge in [-0.25, -0.2) is 4.79 Å². The fraction of sp³-hybridized carbons (Fsp3) is 0.600. The van der Waals surface area contributed by atoms with Crippen molar-refractivity contribution in [3.05, 3.63) is 22.4 Å². The van der Waals surface area contributed by atoms with Crippen LogP contribution in [-0.4, -0.2) is 18.0 Å². The van der Waals surface area contributed by atoms with Gasteiger partial charge in [-0.15, -0.1) is 11.3 Å². The number of carbonyl (C=O) groups is 2. The van der Waals surface area contributed by atoms with Crippen LogP contribution < -0.4 is 5.32 Å². The van der Waals surface area contributed by atoms with Gasteiger partial charge in [0.05, 0.1) is 6.04 Å². The van der Waals surface area contributed by atoms with Crippen LogP contribution in [0.4, 0.5) is 4.79 Å². The molecule has 112 valence electrons. The first-order valence-electron chi connectivity index (χ1n) is 6.73. The Morgan fingerprint density at radius 2 is 2.05 bits per heavy atom. The van der Waals surface area contributed by atoms with Crippen LogP contribution in [0.2, 0.25) is 0 Å². The molecular weight excluding hydrogens is 274 g/mol. The summed E-state index contributed by atoms with van der Waals surface area (Å²) in [6.45, 7) is 9.37. The van der Waals surface area contributed by atoms with E-state index in [2.05, 4.69) is 5.32 Å². The first-order valence-corrected chi connectivity index (χ1v) is 7.60. The van der Waals surface area contributed by atoms with E-state index in [9.17, 15) is 9.59 Å². The summed E-state index contributed by atoms with van der Waals surface area (Å²) in [6.07, 6.45) is 0.412. The standard InChI is InChI=1S/C15H23NO3S/c1-10(2)11(9-17)13(12-7-6-8-20-12)16-14(18)19-15(3,4)5/h6-11,13H,1-5H3,(H,16,18)/t11-,13+/m1/s1. The number of rotatable bonds is 5. The van der Waals surface area contributed by atoms with Crippen molar-refractivity contribution in [2.45, 2.75) is 46.3 Å². The zero-order chi connectivity index (χ0) is 15.3. The molecule has 0 fully saturated rings. The summed E-state index contributed by atoms with van der Waals surface area (Å²) in [5, 5.41) is 4.76. The van der Waals surface area contributed by atoms with Crippen LogP contribution in [-0.2, 0) is 9.53 Å². The molecule has 0 aliphatic carbocycles. The van der Waals surface area contributed by atoms with E-state index < -0.39 is 11.7 Å². The third-order valence-corrected chi connectivity index (χ3v) is 3.79. The van der Waals surface area contributed by atoms with Crippen molar-refractivity contribution in [3.63, 3.8) is 0 Å². The number of hydrogen-bond donors (Lipinski definition) is 1. The molecule has 0 bridgehead atoms. The molecule has 2 atom stereocenters. The van der Waals surface area contributed by atoms with Crippen molar-refractivity contribution in [2.24, 2.45) is 11.8 Å². The van der Waals surface area contributed by atoms with Gasteiger partial charge in [-0.1, -0.05) is 19.9 Å². The van der Waals surface area contributed by atoms with Gasteiger partial charge in [0.15, 0.2) is 0 Å². The van der Waals surface area contributed by atoms with Crippen LogP contribution in [0, 0.1) is 11.8 Å². The van der Waals surface area contributed by atoms with Gasteiger partial charge in [-0.3, -0.25) is 0 Å². The predicted molar refractivity (Wildman–Crippen MR) is 80.8 cm³/mol. The molecule has 1 amide bonds. The second-order valence-electron chi connectivity index (χ2n) is 6.10. The van der Waals surface area contributed by atoms with Crippen molar-refractivity contribution in [1.29, 1.82) is 0 Å². The molecule has 0 radical (unpaired) electrons. The highest BCUT2D eigenvalue weighted by Gasteiger charge is 2.29. The summed E-state index contributed by atoms with van der Waals surface area (Å²) >= 11 is 1.52. The highest BCUT2D eigenvalue weighted by Crippen LogP contribution is 2.30. The maximum atomic E-state index is 12.0. The van der Waals surface area contributed by atoms with Gasteiger partial charge in [-0.05, 0) is 38.1 Å². The lowest BCUT2D eigenvalue weighted by atomic mass is 9.89. The van der Waals surface area contributed by atoms with Gasteiger partial charge in [0.25, 0.3) is 0 Å². The van der Waals surface area contributed by atoms with Crippen LogP contribution >= 0.6 is 11.3 Å². The Morgan fingerprint density at radius 1 is 1.40 bits per heavy atom. The lowest BCUT2D eigenvalue weighted by Gasteiger charge is -2.28. The molecule has 0 saturated heterocycles. The number of aldehydes is 1. The average Bonchev–Trinajstić information content (AvgIpc) is 2.78. The van der Waals surface area contributed by atoms with Crippen LogP contribution in [0.15, 0.2) is 17.5 Å². The van der Waals surface area contributed by atoms with Gasteiger partial charge < -0.3 is 14.8 Å². The predicted octanol–water partition coefficient (Wildman–Crippen LogP) is 3.79. The minimum absolute atomic E-state index is 0.134. The lowest BCUT2D eigenvalue weighted by Crippen LogP contribution is -2.39. The largest absolute Gasteiger partial charge is 0.444 e. The lowest BCUT2D eigenvalue weighted by molar-refractivity contribution is -0.113. The fourth-order valence-corrected chi connectivity index (χ4v) is 2.71. The summed E-state index contributed by atoms with van der Waals surface area (Å²) in [6, 6.07) is 3.49. The molecule has 1 heterocycles. The Labute approximate surface area is 124 Å². The summed E-state index contributed by atoms with van der Waals surface area (Å²) in [4.78, 5) is 24.3. The van der Waals surface area contributed by atoms with Crippen molar-refractivity contribution in [3.8, 4) is 0 Å². The second-order valence-corrected chi connectivity index (χ2v) is 7.08. The number of amides is 1. The van der Waals surface area contributed by atoms with Gasteiger partial charge in [-0.2, -0.15) is 0 Å². The summed E-state index contributed by atoms with van der Waals surface area (Å²) in [7, 11) is 0. The first kappa shape index (κ1) is 16.7. The quantitative estimate of drug-likeness (QED) is 0.841. The summed E-state index contributed by atoms with van der Waals surface area (Å²) in [5.41, 5.74) is -0.557. The Hall–Kier alpha value is -1.36. The van der Waals surface area contributed by atoms with E-state index in [4.69, 9.17) is 4.74 Å². The van der Waals surface area contributed by atoms with Gasteiger partial charge in [0.1, 0.15) is 11.9 Å². The normalized spacial score (nSPS) is 14.7. The highest BCUT2D eigenvalue weighted by molar-refractivity contribution is 7.10. The van der Waals surface area contributed by atoms with E-state index in [0.29, 0.717) is 0 Å². The number of nitrogens with one attached hydrogen (secondary N) is 1. The summed E-state index contributed by atoms with van der Waals surface area (Å²) < 4.78 is 5.28. The van der Waals surface area contributed by atoms with Gasteiger partial charge >= 0.3 is 6.09 Å². The summed E-state index contributed by atoms with van der Waals surface area (Å²) in [5.74, 6) is -0.143. The first-order chi connectivity index (χ1) is 9.24. The number of thiophene rings is 1. The van der Waals surface area contributed by atoms with Crippen molar-refractivity contribution in [1.82, 2.24) is 5.32 Å². The fourth-order valence-electron chi connectivity index (χ4n) is 1.88. The molecule has 20 heavy (non-hydrogen) atoms. The second kappa shape index (κ2) is 6.88. The number of alkyl carbamates (subject to hydrolysis) is 1. The van der Waals surface area contributed by atoms with Crippen molar-refractivity contribution in [2.75, 3.05) is 0 Å². The average molecular weight is 297 g/mol. The number of carbonyl (C=O) groups excluding carboxylic acids is 2. The van der Waals surface area contributed by atoms with E-state index in [0.717, 1.165) is 11.2 Å². The van der Waals surface area contributed by atoms with E-state index in [1.54, 1.807) is 0 Å². The molecule has 0 spiro atoms. The van der Waals surface area contributed by atoms with E-state index >= 15 is 0 Å². The monoisotopic (exact) mass is 297 g/mol. The molecule has 1 aromatic heterocycles. The molecule has 0 aliphatic heterocycles. The Balaban J connectivity index is 2.89. The van der Waals surface area contributed by atoms with Crippen molar-refractivity contribution >= 4 is 23.7 Å². The minimum atomic E-state index is -0.557. The molecule has 0 saturated carbocycles. The minimum Gasteiger partial charge on any atom is -0.444 e. The van der Waals surface area contributed by atoms with Gasteiger partial charge in [0, 0.05) is 10.8 Å². The zero-order valence-electron chi connectivity index (χ0n) is 12.7. The van der Waals surface area contributed by atoms with E-state index in [1.807, 2.05) is 52.1 Å². The molecule has 0 unspecified atom stereocenters. The Bertz CT molecular complexity index is 434. The molecule has 0 aliphatic rings. The number of hydrogen-bond acceptors (Lipinski definition) is 4. The molecule has 4 nitrogen and oxygen atoms in total. The Kier molecular flexibility index (Phi) is 5.74. The molecular formula is C15H23NO3S. The maximum absolute atomic E-state index is 12.0. The van der Waals surface area contributed by atoms with Crippen molar-refractivity contribution < 1.29 is 14.3 Å². The third-order valence-electron chi connectivity index (χ3n) is 2.83. The zero-order valence-corrected chi connectivity index (χ0v) is 13.5. The highest BCUT2D eigenvalue weighted by atomic mass is 32.1. The Morgan fingerprint density at radius 3 is 2.45 bits per heavy atom. The van der Waals surface area contributed by atoms with Crippen LogP contribution in [0.1, 0.15) is 45.5 Å². The molecule has 1 aromatic rings. The molecule has 5 heteroatoms. The maximum Gasteiger partial charge on any atom is 0.408 e. The van der Waals surface area contributed by atoms with Crippen LogP contribution in [0.3, 0.4) is 0 Å². The number of ether oxygens (including phenoxy) is 1. The van der Waals surface area contributed by atoms with Crippen LogP contribution in [0.25, 0.3) is 0 Å². The SMILES string of the molecule is CC(C)[C@@H](C=O)[C@H](NC(=O)OC(C)(C)C)c1cccs1. The van der Waals surface area contributed by atoms with Crippen LogP contribution in [0.5, 0.6) is 0 Å². The molecule has 0 aromatic carbocycles. The van der Waals surface area contributed by atoms with E-state index in [1.165, 1.54) is 11.3 Å². The molecule has 1 N–H and O–H groups in total. The molecule has 1 rings (SSSR count). The topological polar surface area (TPSA) is 55.4 Å². The van der Waals surface area contributed by atoms with Gasteiger partial charge in [0.2, 0.25) is 0 Å². The smallest absolute Gasteiger partial charge is 0.408 e. The van der Waals surface area contributed by atoms with E-state index in [-0.39, 0.29) is 17.9 Å². The third kappa shape index (κ3) is 4.96.